The van der Waals surface area contributed by atoms with Crippen molar-refractivity contribution in [1.82, 2.24) is 4.90 Å². The Morgan fingerprint density at radius 2 is 2.06 bits per heavy atom. The lowest BCUT2D eigenvalue weighted by atomic mass is 10.1. The first kappa shape index (κ1) is 12.6. The molecule has 0 unspecified atom stereocenters. The van der Waals surface area contributed by atoms with E-state index in [2.05, 4.69) is 6.07 Å². The molecule has 0 saturated heterocycles. The van der Waals surface area contributed by atoms with Crippen LogP contribution in [-0.2, 0) is 11.3 Å². The Kier molecular flexibility index (Phi) is 4.87. The third-order valence-corrected chi connectivity index (χ3v) is 2.73. The van der Waals surface area contributed by atoms with Gasteiger partial charge in [-0.3, -0.25) is 4.79 Å². The summed E-state index contributed by atoms with van der Waals surface area (Å²) in [5.74, 6) is 0.629. The maximum atomic E-state index is 11.5. The zero-order chi connectivity index (χ0) is 12.0. The number of hydrogen-bond donors (Lipinski definition) is 0. The van der Waals surface area contributed by atoms with Crippen LogP contribution in [0.1, 0.15) is 11.1 Å². The van der Waals surface area contributed by atoms with Crippen LogP contribution in [0.3, 0.4) is 0 Å². The molecule has 1 amide bonds. The van der Waals surface area contributed by atoms with Gasteiger partial charge in [0.05, 0.1) is 17.4 Å². The Balaban J connectivity index is 2.59. The summed E-state index contributed by atoms with van der Waals surface area (Å²) in [4.78, 5) is 13.2. The van der Waals surface area contributed by atoms with Crippen LogP contribution in [0.2, 0.25) is 0 Å². The number of nitrogens with zero attached hydrogens (tertiary/aromatic N) is 2. The van der Waals surface area contributed by atoms with Crippen molar-refractivity contribution in [2.75, 3.05) is 19.1 Å². The van der Waals surface area contributed by atoms with E-state index < -0.39 is 0 Å². The van der Waals surface area contributed by atoms with E-state index in [0.717, 1.165) is 5.56 Å². The monoisotopic (exact) mass is 234 g/mol. The number of hydrogen-bond acceptors (Lipinski definition) is 3. The summed E-state index contributed by atoms with van der Waals surface area (Å²) in [6.45, 7) is 0.588. The molecule has 0 heterocycles. The van der Waals surface area contributed by atoms with Crippen LogP contribution in [0.15, 0.2) is 24.3 Å². The van der Waals surface area contributed by atoms with Gasteiger partial charge < -0.3 is 4.90 Å². The molecular weight excluding hydrogens is 220 g/mol. The highest BCUT2D eigenvalue weighted by Crippen LogP contribution is 2.07. The van der Waals surface area contributed by atoms with E-state index in [1.807, 2.05) is 18.4 Å². The van der Waals surface area contributed by atoms with E-state index in [9.17, 15) is 4.79 Å². The molecule has 0 bridgehead atoms. The fourth-order valence-electron chi connectivity index (χ4n) is 1.28. The number of rotatable bonds is 4. The van der Waals surface area contributed by atoms with E-state index in [1.54, 1.807) is 24.1 Å². The number of amides is 1. The Morgan fingerprint density at radius 1 is 1.44 bits per heavy atom. The van der Waals surface area contributed by atoms with Gasteiger partial charge in [-0.1, -0.05) is 12.1 Å². The maximum Gasteiger partial charge on any atom is 0.232 e. The smallest absolute Gasteiger partial charge is 0.232 e. The number of carbonyl (C=O) groups is 1. The Hall–Kier alpha value is -1.47. The summed E-state index contributed by atoms with van der Waals surface area (Å²) in [5.41, 5.74) is 1.68. The average Bonchev–Trinajstić information content (AvgIpc) is 2.30. The zero-order valence-corrected chi connectivity index (χ0v) is 10.3. The molecule has 1 aromatic rings. The molecule has 1 rings (SSSR count). The Bertz CT molecular complexity index is 394. The van der Waals surface area contributed by atoms with Crippen LogP contribution < -0.4 is 0 Å². The molecule has 0 fully saturated rings. The van der Waals surface area contributed by atoms with Crippen molar-refractivity contribution in [1.29, 1.82) is 5.26 Å². The topological polar surface area (TPSA) is 44.1 Å². The van der Waals surface area contributed by atoms with Gasteiger partial charge in [0.25, 0.3) is 0 Å². The maximum absolute atomic E-state index is 11.5. The van der Waals surface area contributed by atoms with Gasteiger partial charge in [0.15, 0.2) is 0 Å². The van der Waals surface area contributed by atoms with Crippen molar-refractivity contribution >= 4 is 17.7 Å². The lowest BCUT2D eigenvalue weighted by molar-refractivity contribution is -0.127. The molecule has 0 aliphatic rings. The molecule has 1 aromatic carbocycles. The summed E-state index contributed by atoms with van der Waals surface area (Å²) in [6.07, 6.45) is 1.91. The van der Waals surface area contributed by atoms with Crippen molar-refractivity contribution in [3.63, 3.8) is 0 Å². The van der Waals surface area contributed by atoms with Crippen molar-refractivity contribution in [3.05, 3.63) is 35.4 Å². The molecule has 0 aromatic heterocycles. The molecule has 0 aliphatic heterocycles. The highest BCUT2D eigenvalue weighted by Gasteiger charge is 2.07. The van der Waals surface area contributed by atoms with Crippen molar-refractivity contribution in [3.8, 4) is 6.07 Å². The largest absolute Gasteiger partial charge is 0.341 e. The van der Waals surface area contributed by atoms with Gasteiger partial charge in [-0.15, -0.1) is 0 Å². The van der Waals surface area contributed by atoms with Gasteiger partial charge in [0.2, 0.25) is 5.91 Å². The van der Waals surface area contributed by atoms with Gasteiger partial charge in [-0.2, -0.15) is 17.0 Å². The minimum Gasteiger partial charge on any atom is -0.341 e. The summed E-state index contributed by atoms with van der Waals surface area (Å²) in [7, 11) is 1.79. The first-order valence-electron chi connectivity index (χ1n) is 4.89. The number of benzene rings is 1. The van der Waals surface area contributed by atoms with E-state index in [-0.39, 0.29) is 5.91 Å². The Morgan fingerprint density at radius 3 is 2.56 bits per heavy atom. The van der Waals surface area contributed by atoms with Crippen LogP contribution in [-0.4, -0.2) is 29.9 Å². The number of nitriles is 1. The van der Waals surface area contributed by atoms with E-state index >= 15 is 0 Å². The van der Waals surface area contributed by atoms with Crippen LogP contribution in [0.4, 0.5) is 0 Å². The van der Waals surface area contributed by atoms with Crippen molar-refractivity contribution in [2.45, 2.75) is 6.54 Å². The molecule has 0 N–H and O–H groups in total. The van der Waals surface area contributed by atoms with Gasteiger partial charge in [-0.25, -0.2) is 0 Å². The second-order valence-corrected chi connectivity index (χ2v) is 4.36. The second-order valence-electron chi connectivity index (χ2n) is 3.49. The standard InChI is InChI=1S/C12H14N2OS/c1-14(12(15)9-16-2)8-11-5-3-10(7-13)4-6-11/h3-6H,8-9H2,1-2H3. The summed E-state index contributed by atoms with van der Waals surface area (Å²) < 4.78 is 0. The van der Waals surface area contributed by atoms with Crippen LogP contribution in [0, 0.1) is 11.3 Å². The minimum atomic E-state index is 0.122. The third-order valence-electron chi connectivity index (χ3n) is 2.20. The SMILES string of the molecule is CSCC(=O)N(C)Cc1ccc(C#N)cc1. The zero-order valence-electron chi connectivity index (χ0n) is 9.43. The van der Waals surface area contributed by atoms with E-state index in [1.165, 1.54) is 11.8 Å². The van der Waals surface area contributed by atoms with Gasteiger partial charge >= 0.3 is 0 Å². The highest BCUT2D eigenvalue weighted by molar-refractivity contribution is 7.99. The van der Waals surface area contributed by atoms with Gasteiger partial charge in [0.1, 0.15) is 0 Å². The van der Waals surface area contributed by atoms with Crippen molar-refractivity contribution in [2.24, 2.45) is 0 Å². The van der Waals surface area contributed by atoms with Gasteiger partial charge in [0, 0.05) is 13.6 Å². The fraction of sp³-hybridized carbons (Fsp3) is 0.333. The first-order chi connectivity index (χ1) is 7.67. The predicted molar refractivity (Wildman–Crippen MR) is 66.0 cm³/mol. The minimum absolute atomic E-state index is 0.122. The van der Waals surface area contributed by atoms with Crippen LogP contribution >= 0.6 is 11.8 Å². The van der Waals surface area contributed by atoms with E-state index in [0.29, 0.717) is 17.9 Å². The van der Waals surface area contributed by atoms with Gasteiger partial charge in [-0.05, 0) is 24.0 Å². The summed E-state index contributed by atoms with van der Waals surface area (Å²) in [6, 6.07) is 9.35. The molecule has 0 radical (unpaired) electrons. The lowest BCUT2D eigenvalue weighted by Crippen LogP contribution is -2.27. The van der Waals surface area contributed by atoms with E-state index in [4.69, 9.17) is 5.26 Å². The molecule has 4 heteroatoms. The van der Waals surface area contributed by atoms with Crippen LogP contribution in [0.5, 0.6) is 0 Å². The molecule has 3 nitrogen and oxygen atoms in total. The lowest BCUT2D eigenvalue weighted by Gasteiger charge is -2.16. The molecule has 0 atom stereocenters. The molecule has 16 heavy (non-hydrogen) atoms. The van der Waals surface area contributed by atoms with Crippen LogP contribution in [0.25, 0.3) is 0 Å². The predicted octanol–water partition coefficient (Wildman–Crippen LogP) is 1.88. The molecule has 84 valence electrons. The molecular formula is C12H14N2OS. The Labute approximate surface area is 100 Å². The summed E-state index contributed by atoms with van der Waals surface area (Å²) in [5, 5.41) is 8.65. The average molecular weight is 234 g/mol. The third kappa shape index (κ3) is 3.59. The first-order valence-corrected chi connectivity index (χ1v) is 6.28. The van der Waals surface area contributed by atoms with Crippen molar-refractivity contribution < 1.29 is 4.79 Å². The quantitative estimate of drug-likeness (QED) is 0.799. The molecule has 0 aliphatic carbocycles. The highest BCUT2D eigenvalue weighted by atomic mass is 32.2. The number of thioether (sulfide) groups is 1. The summed E-state index contributed by atoms with van der Waals surface area (Å²) >= 11 is 1.52. The molecule has 0 saturated carbocycles. The molecule has 0 spiro atoms. The fourth-order valence-corrected chi connectivity index (χ4v) is 1.75. The second kappa shape index (κ2) is 6.19. The number of carbonyl (C=O) groups excluding carboxylic acids is 1. The normalized spacial score (nSPS) is 9.56.